The summed E-state index contributed by atoms with van der Waals surface area (Å²) in [6.45, 7) is 4.43. The summed E-state index contributed by atoms with van der Waals surface area (Å²) in [5, 5.41) is 0. The molecule has 1 atom stereocenters. The lowest BCUT2D eigenvalue weighted by Gasteiger charge is -2.12. The van der Waals surface area contributed by atoms with Crippen molar-refractivity contribution in [3.8, 4) is 0 Å². The largest absolute Gasteiger partial charge is 0.326 e. The van der Waals surface area contributed by atoms with Crippen molar-refractivity contribution in [3.05, 3.63) is 29.8 Å². The van der Waals surface area contributed by atoms with E-state index in [0.29, 0.717) is 23.9 Å². The average Bonchev–Trinajstić information content (AvgIpc) is 2.59. The second kappa shape index (κ2) is 4.70. The number of nitrogens with two attached hydrogens (primary N) is 1. The predicted molar refractivity (Wildman–Crippen MR) is 71.0 cm³/mol. The molecule has 0 aromatic heterocycles. The standard InChI is InChI=1S/C12H17N3O2S/c1-8(2)10(13)7-14-12-9-5-3-4-6-11(9)18(16,17)15-12/h3-6,8,10H,7,13H2,1-2H3,(H,14,15). The molecule has 1 aromatic carbocycles. The summed E-state index contributed by atoms with van der Waals surface area (Å²) >= 11 is 0. The summed E-state index contributed by atoms with van der Waals surface area (Å²) in [5.74, 6) is 0.698. The molecule has 3 N–H and O–H groups in total. The fourth-order valence-corrected chi connectivity index (χ4v) is 2.91. The number of aliphatic imine (C=N–C) groups is 1. The van der Waals surface area contributed by atoms with Gasteiger partial charge in [0.15, 0.2) is 0 Å². The number of hydrogen-bond acceptors (Lipinski definition) is 4. The molecule has 0 saturated heterocycles. The highest BCUT2D eigenvalue weighted by atomic mass is 32.2. The van der Waals surface area contributed by atoms with Gasteiger partial charge in [0.25, 0.3) is 10.0 Å². The summed E-state index contributed by atoms with van der Waals surface area (Å²) in [6, 6.07) is 6.73. The van der Waals surface area contributed by atoms with E-state index in [4.69, 9.17) is 5.73 Å². The fourth-order valence-electron chi connectivity index (χ4n) is 1.66. The van der Waals surface area contributed by atoms with Crippen molar-refractivity contribution in [2.75, 3.05) is 6.54 Å². The van der Waals surface area contributed by atoms with Crippen LogP contribution in [0, 0.1) is 5.92 Å². The van der Waals surface area contributed by atoms with Gasteiger partial charge in [0, 0.05) is 11.6 Å². The highest BCUT2D eigenvalue weighted by molar-refractivity contribution is 7.90. The first kappa shape index (κ1) is 13.0. The van der Waals surface area contributed by atoms with E-state index in [9.17, 15) is 8.42 Å². The van der Waals surface area contributed by atoms with Gasteiger partial charge >= 0.3 is 0 Å². The topological polar surface area (TPSA) is 84.5 Å². The second-order valence-electron chi connectivity index (χ2n) is 4.70. The maximum absolute atomic E-state index is 11.8. The van der Waals surface area contributed by atoms with Crippen LogP contribution in [0.2, 0.25) is 0 Å². The van der Waals surface area contributed by atoms with Crippen LogP contribution in [0.1, 0.15) is 19.4 Å². The van der Waals surface area contributed by atoms with Crippen molar-refractivity contribution < 1.29 is 8.42 Å². The lowest BCUT2D eigenvalue weighted by Crippen LogP contribution is -2.31. The Bertz CT molecular complexity index is 579. The third-order valence-electron chi connectivity index (χ3n) is 2.98. The molecule has 0 radical (unpaired) electrons. The van der Waals surface area contributed by atoms with E-state index >= 15 is 0 Å². The smallest absolute Gasteiger partial charge is 0.263 e. The second-order valence-corrected chi connectivity index (χ2v) is 6.35. The van der Waals surface area contributed by atoms with Crippen LogP contribution >= 0.6 is 0 Å². The minimum Gasteiger partial charge on any atom is -0.326 e. The number of nitrogens with zero attached hydrogens (tertiary/aromatic N) is 1. The molecule has 98 valence electrons. The zero-order valence-corrected chi connectivity index (χ0v) is 11.2. The fraction of sp³-hybridized carbons (Fsp3) is 0.417. The van der Waals surface area contributed by atoms with E-state index in [1.165, 1.54) is 0 Å². The van der Waals surface area contributed by atoms with Gasteiger partial charge < -0.3 is 5.73 Å². The number of rotatable bonds is 3. The number of amidine groups is 1. The molecule has 2 rings (SSSR count). The highest BCUT2D eigenvalue weighted by Crippen LogP contribution is 2.22. The van der Waals surface area contributed by atoms with Crippen LogP contribution in [0.4, 0.5) is 0 Å². The van der Waals surface area contributed by atoms with Crippen LogP contribution in [-0.4, -0.2) is 26.8 Å². The first-order valence-corrected chi connectivity index (χ1v) is 7.32. The molecule has 1 aliphatic rings. The Kier molecular flexibility index (Phi) is 3.41. The molecular weight excluding hydrogens is 250 g/mol. The first-order chi connectivity index (χ1) is 8.42. The molecule has 0 spiro atoms. The Morgan fingerprint density at radius 2 is 2.00 bits per heavy atom. The lowest BCUT2D eigenvalue weighted by atomic mass is 10.1. The molecule has 6 heteroatoms. The third-order valence-corrected chi connectivity index (χ3v) is 4.38. The quantitative estimate of drug-likeness (QED) is 0.845. The SMILES string of the molecule is CC(C)C(N)CN=C1NS(=O)(=O)c2ccccc21. The monoisotopic (exact) mass is 267 g/mol. The summed E-state index contributed by atoms with van der Waals surface area (Å²) in [4.78, 5) is 4.56. The Hall–Kier alpha value is -1.40. The summed E-state index contributed by atoms with van der Waals surface area (Å²) in [7, 11) is -3.44. The van der Waals surface area contributed by atoms with Gasteiger partial charge in [0.1, 0.15) is 5.84 Å². The van der Waals surface area contributed by atoms with Gasteiger partial charge in [0.05, 0.1) is 11.4 Å². The van der Waals surface area contributed by atoms with Crippen molar-refractivity contribution in [1.82, 2.24) is 4.72 Å². The molecule has 0 saturated carbocycles. The van der Waals surface area contributed by atoms with Gasteiger partial charge in [-0.2, -0.15) is 0 Å². The number of fused-ring (bicyclic) bond motifs is 1. The minimum atomic E-state index is -3.44. The zero-order chi connectivity index (χ0) is 13.3. The summed E-state index contributed by atoms with van der Waals surface area (Å²) in [6.07, 6.45) is 0. The van der Waals surface area contributed by atoms with Crippen molar-refractivity contribution in [1.29, 1.82) is 0 Å². The van der Waals surface area contributed by atoms with E-state index < -0.39 is 10.0 Å². The highest BCUT2D eigenvalue weighted by Gasteiger charge is 2.30. The lowest BCUT2D eigenvalue weighted by molar-refractivity contribution is 0.502. The average molecular weight is 267 g/mol. The third kappa shape index (κ3) is 2.39. The Labute approximate surface area is 107 Å². The van der Waals surface area contributed by atoms with Crippen LogP contribution in [-0.2, 0) is 10.0 Å². The molecule has 5 nitrogen and oxygen atoms in total. The number of sulfonamides is 1. The van der Waals surface area contributed by atoms with Crippen LogP contribution in [0.25, 0.3) is 0 Å². The van der Waals surface area contributed by atoms with Crippen molar-refractivity contribution in [2.24, 2.45) is 16.6 Å². The van der Waals surface area contributed by atoms with Crippen LogP contribution < -0.4 is 10.5 Å². The Morgan fingerprint density at radius 3 is 2.67 bits per heavy atom. The van der Waals surface area contributed by atoms with Gasteiger partial charge in [-0.1, -0.05) is 26.0 Å². The van der Waals surface area contributed by atoms with Crippen molar-refractivity contribution >= 4 is 15.9 Å². The Balaban J connectivity index is 2.31. The maximum Gasteiger partial charge on any atom is 0.263 e. The minimum absolute atomic E-state index is 0.0743. The summed E-state index contributed by atoms with van der Waals surface area (Å²) in [5.41, 5.74) is 6.52. The van der Waals surface area contributed by atoms with Gasteiger partial charge in [0.2, 0.25) is 0 Å². The predicted octanol–water partition coefficient (Wildman–Crippen LogP) is 0.708. The first-order valence-electron chi connectivity index (χ1n) is 5.84. The van der Waals surface area contributed by atoms with Gasteiger partial charge in [-0.15, -0.1) is 0 Å². The molecule has 18 heavy (non-hydrogen) atoms. The number of benzene rings is 1. The van der Waals surface area contributed by atoms with Crippen LogP contribution in [0.15, 0.2) is 34.2 Å². The van der Waals surface area contributed by atoms with E-state index in [1.54, 1.807) is 24.3 Å². The molecule has 0 fully saturated rings. The van der Waals surface area contributed by atoms with Crippen LogP contribution in [0.5, 0.6) is 0 Å². The summed E-state index contributed by atoms with van der Waals surface area (Å²) < 4.78 is 26.1. The van der Waals surface area contributed by atoms with E-state index in [0.717, 1.165) is 0 Å². The van der Waals surface area contributed by atoms with Gasteiger partial charge in [-0.05, 0) is 18.1 Å². The molecule has 0 aliphatic carbocycles. The number of nitrogens with one attached hydrogen (secondary N) is 1. The number of hydrogen-bond donors (Lipinski definition) is 2. The van der Waals surface area contributed by atoms with Crippen LogP contribution in [0.3, 0.4) is 0 Å². The Morgan fingerprint density at radius 1 is 1.33 bits per heavy atom. The molecule has 1 aliphatic heterocycles. The van der Waals surface area contributed by atoms with Gasteiger partial charge in [-0.25, -0.2) is 8.42 Å². The molecular formula is C12H17N3O2S. The molecule has 1 unspecified atom stereocenters. The van der Waals surface area contributed by atoms with Crippen molar-refractivity contribution in [3.63, 3.8) is 0 Å². The van der Waals surface area contributed by atoms with E-state index in [1.807, 2.05) is 13.8 Å². The molecule has 0 bridgehead atoms. The zero-order valence-electron chi connectivity index (χ0n) is 10.4. The van der Waals surface area contributed by atoms with Crippen molar-refractivity contribution in [2.45, 2.75) is 24.8 Å². The molecule has 1 aromatic rings. The van der Waals surface area contributed by atoms with E-state index in [2.05, 4.69) is 9.71 Å². The maximum atomic E-state index is 11.8. The molecule has 1 heterocycles. The molecule has 0 amide bonds. The van der Waals surface area contributed by atoms with E-state index in [-0.39, 0.29) is 10.9 Å². The normalized spacial score (nSPS) is 20.8. The van der Waals surface area contributed by atoms with Gasteiger partial charge in [-0.3, -0.25) is 9.71 Å².